The number of nitrogens with zero attached hydrogens (tertiary/aromatic N) is 11. The molecule has 0 spiro atoms. The number of hydrogen-bond donors (Lipinski definition) is 0. The molecule has 0 amide bonds. The van der Waals surface area contributed by atoms with Crippen molar-refractivity contribution >= 4 is 66.7 Å². The van der Waals surface area contributed by atoms with Crippen molar-refractivity contribution in [2.24, 2.45) is 0 Å². The summed E-state index contributed by atoms with van der Waals surface area (Å²) in [5.74, 6) is 5.39. The number of para-hydroxylation sites is 1. The molecule has 2 aliphatic rings. The van der Waals surface area contributed by atoms with Gasteiger partial charge in [0.05, 0.1) is 22.1 Å². The number of fused-ring (bicyclic) bond motifs is 10. The zero-order valence-corrected chi connectivity index (χ0v) is 66.9. The summed E-state index contributed by atoms with van der Waals surface area (Å²) in [6.45, 7) is 40.2. The van der Waals surface area contributed by atoms with Gasteiger partial charge >= 0.3 is 0 Å². The van der Waals surface area contributed by atoms with Crippen LogP contribution < -0.4 is 16.4 Å². The minimum absolute atomic E-state index is 0.0326. The lowest BCUT2D eigenvalue weighted by Gasteiger charge is -2.33. The first-order valence-corrected chi connectivity index (χ1v) is 39.0. The van der Waals surface area contributed by atoms with E-state index in [0.717, 1.165) is 111 Å². The van der Waals surface area contributed by atoms with E-state index in [1.54, 1.807) is 0 Å². The van der Waals surface area contributed by atoms with Gasteiger partial charge in [-0.25, -0.2) is 44.9 Å². The van der Waals surface area contributed by atoms with E-state index in [-0.39, 0.29) is 39.2 Å². The van der Waals surface area contributed by atoms with Gasteiger partial charge in [0.1, 0.15) is 0 Å². The molecule has 0 aliphatic carbocycles. The van der Waals surface area contributed by atoms with E-state index in [2.05, 4.69) is 364 Å². The highest BCUT2D eigenvalue weighted by molar-refractivity contribution is 7.00. The molecule has 0 radical (unpaired) electrons. The van der Waals surface area contributed by atoms with E-state index in [1.807, 2.05) is 0 Å². The fourth-order valence-corrected chi connectivity index (χ4v) is 16.5. The molecule has 7 heterocycles. The van der Waals surface area contributed by atoms with Crippen molar-refractivity contribution in [1.29, 1.82) is 0 Å². The van der Waals surface area contributed by atoms with Crippen LogP contribution >= 0.6 is 0 Å². The van der Waals surface area contributed by atoms with Gasteiger partial charge in [-0.15, -0.1) is 0 Å². The Balaban J connectivity index is 0.894. The van der Waals surface area contributed by atoms with Crippen LogP contribution in [0.2, 0.25) is 0 Å². The summed E-state index contributed by atoms with van der Waals surface area (Å²) in [6, 6.07) is 84.2. The molecule has 11 nitrogen and oxygen atoms in total. The first-order valence-electron chi connectivity index (χ1n) is 39.0. The molecule has 5 aromatic heterocycles. The first-order chi connectivity index (χ1) is 52.8. The molecule has 0 saturated heterocycles. The zero-order chi connectivity index (χ0) is 77.3. The van der Waals surface area contributed by atoms with Crippen LogP contribution in [0.15, 0.2) is 231 Å². The SMILES string of the molecule is CC(C)(C)c1ccc(-c2nc(-c3ccc(C(C)(C)C)cc3)nc(-c3ccc4c5c(-c6nc(-c7ccc(C(C)(C)C)cc7)nc(-c7ccc(C(C)(C)C)cc7)n6)ccc6c5n(c4c3)-c3cccc4c3B6c3ccc(-c5nc(-c6ccc(C(C)(C)C)cc6)nc(-c6ccc(C(C)(C)C)cc6)n5)c5c6ccccc6n-4c35)n2)cc1. The van der Waals surface area contributed by atoms with Gasteiger partial charge in [-0.2, -0.15) is 0 Å². The summed E-state index contributed by atoms with van der Waals surface area (Å²) < 4.78 is 5.03. The minimum Gasteiger partial charge on any atom is -0.310 e. The molecule has 0 fully saturated rings. The lowest BCUT2D eigenvalue weighted by atomic mass is 9.34. The highest BCUT2D eigenvalue weighted by Crippen LogP contribution is 2.46. The monoisotopic (exact) mass is 1450 g/mol. The van der Waals surface area contributed by atoms with Crippen LogP contribution in [0, 0.1) is 0 Å². The number of hydrogen-bond acceptors (Lipinski definition) is 9. The summed E-state index contributed by atoms with van der Waals surface area (Å²) >= 11 is 0. The van der Waals surface area contributed by atoms with E-state index in [1.165, 1.54) is 44.3 Å². The fraction of sp³-hybridized carbons (Fsp3) is 0.242. The minimum atomic E-state index is -0.236. The van der Waals surface area contributed by atoms with Crippen molar-refractivity contribution in [2.75, 3.05) is 0 Å². The van der Waals surface area contributed by atoms with Crippen molar-refractivity contribution in [1.82, 2.24) is 54.0 Å². The zero-order valence-electron chi connectivity index (χ0n) is 66.9. The second-order valence-electron chi connectivity index (χ2n) is 36.8. The Morgan fingerprint density at radius 3 is 0.802 bits per heavy atom. The summed E-state index contributed by atoms with van der Waals surface area (Å²) in [7, 11) is 0. The molecular weight excluding hydrogens is 1350 g/mol. The van der Waals surface area contributed by atoms with Crippen molar-refractivity contribution in [3.8, 4) is 114 Å². The predicted octanol–water partition coefficient (Wildman–Crippen LogP) is 22.4. The molecule has 11 aromatic carbocycles. The molecule has 0 N–H and O–H groups in total. The molecule has 111 heavy (non-hydrogen) atoms. The van der Waals surface area contributed by atoms with Crippen LogP contribution in [-0.4, -0.2) is 60.7 Å². The van der Waals surface area contributed by atoms with Crippen molar-refractivity contribution in [3.63, 3.8) is 0 Å². The molecular formula is C99H92BN11. The van der Waals surface area contributed by atoms with Crippen molar-refractivity contribution < 1.29 is 0 Å². The average molecular weight is 1450 g/mol. The van der Waals surface area contributed by atoms with Crippen LogP contribution in [0.25, 0.3) is 157 Å². The van der Waals surface area contributed by atoms with Gasteiger partial charge in [0.2, 0.25) is 0 Å². The van der Waals surface area contributed by atoms with Crippen LogP contribution in [-0.2, 0) is 32.5 Å². The van der Waals surface area contributed by atoms with E-state index in [4.69, 9.17) is 44.9 Å². The smallest absolute Gasteiger partial charge is 0.252 e. The van der Waals surface area contributed by atoms with E-state index in [0.29, 0.717) is 52.4 Å². The van der Waals surface area contributed by atoms with Crippen LogP contribution in [0.1, 0.15) is 158 Å². The van der Waals surface area contributed by atoms with Crippen LogP contribution in [0.5, 0.6) is 0 Å². The van der Waals surface area contributed by atoms with Crippen LogP contribution in [0.3, 0.4) is 0 Å². The Labute approximate surface area is 651 Å². The highest BCUT2D eigenvalue weighted by atomic mass is 15.1. The molecule has 18 rings (SSSR count). The van der Waals surface area contributed by atoms with E-state index < -0.39 is 0 Å². The van der Waals surface area contributed by atoms with Gasteiger partial charge in [-0.05, 0) is 107 Å². The Hall–Kier alpha value is -11.9. The summed E-state index contributed by atoms with van der Waals surface area (Å²) in [4.78, 5) is 49.2. The second kappa shape index (κ2) is 25.3. The van der Waals surface area contributed by atoms with Gasteiger partial charge in [-0.3, -0.25) is 0 Å². The molecule has 0 bridgehead atoms. The third kappa shape index (κ3) is 12.2. The van der Waals surface area contributed by atoms with E-state index in [9.17, 15) is 0 Å². The third-order valence-corrected chi connectivity index (χ3v) is 22.9. The van der Waals surface area contributed by atoms with Crippen molar-refractivity contribution in [2.45, 2.75) is 157 Å². The summed E-state index contributed by atoms with van der Waals surface area (Å²) in [5.41, 5.74) is 25.3. The Morgan fingerprint density at radius 2 is 0.495 bits per heavy atom. The molecule has 16 aromatic rings. The molecule has 12 heteroatoms. The van der Waals surface area contributed by atoms with Gasteiger partial charge in [0.25, 0.3) is 6.71 Å². The summed E-state index contributed by atoms with van der Waals surface area (Å²) in [5, 5.41) is 4.26. The van der Waals surface area contributed by atoms with Gasteiger partial charge in [0, 0.05) is 83.0 Å². The fourth-order valence-electron chi connectivity index (χ4n) is 16.5. The average Bonchev–Trinajstić information content (AvgIpc) is 1.53. The summed E-state index contributed by atoms with van der Waals surface area (Å²) in [6.07, 6.45) is 0. The number of benzene rings is 11. The molecule has 546 valence electrons. The van der Waals surface area contributed by atoms with Gasteiger partial charge < -0.3 is 9.13 Å². The lowest BCUT2D eigenvalue weighted by molar-refractivity contribution is 0.590. The topological polar surface area (TPSA) is 126 Å². The third-order valence-electron chi connectivity index (χ3n) is 22.9. The Bertz CT molecular complexity index is 6220. The molecule has 0 atom stereocenters. The lowest BCUT2D eigenvalue weighted by Crippen LogP contribution is -2.59. The maximum absolute atomic E-state index is 5.60. The molecule has 2 aliphatic heterocycles. The van der Waals surface area contributed by atoms with E-state index >= 15 is 0 Å². The van der Waals surface area contributed by atoms with Crippen molar-refractivity contribution in [3.05, 3.63) is 264 Å². The Kier molecular flexibility index (Phi) is 16.2. The quantitative estimate of drug-likeness (QED) is 0.130. The standard InChI is InChI=1S/C99H92BN11/c1-94(2,3)64-39-26-57(27-40-64)85-101-86(58-28-41-65(42-29-58)95(4,5)6)105-91(104-85)63-38-51-71-79(56-63)111-78-25-21-24-77-82(78)100(75-55-53-73(81(71)84(75)111)93-108-89(61-34-47-68(48-35-61)98(13,14)15)103-90(109-93)62-36-49-69(50-37-62)99(16,17)18)74-54-52-72(80-70-22-19-20-23-76(70)110(77)83(74)80)92-106-87(59-30-43-66(44-31-59)96(7,8)9)102-88(107-92)60-32-45-67(46-33-60)97(10,11)12/h19-56H,1-18H3. The number of aromatic nitrogens is 11. The normalized spacial score (nSPS) is 13.1. The highest BCUT2D eigenvalue weighted by Gasteiger charge is 2.42. The first kappa shape index (κ1) is 70.8. The maximum Gasteiger partial charge on any atom is 0.252 e. The Morgan fingerprint density at radius 1 is 0.234 bits per heavy atom. The molecule has 0 unspecified atom stereocenters. The number of rotatable bonds is 9. The maximum atomic E-state index is 5.60. The largest absolute Gasteiger partial charge is 0.310 e. The predicted molar refractivity (Wildman–Crippen MR) is 461 cm³/mol. The van der Waals surface area contributed by atoms with Crippen LogP contribution in [0.4, 0.5) is 0 Å². The molecule has 0 saturated carbocycles. The van der Waals surface area contributed by atoms with Gasteiger partial charge in [-0.1, -0.05) is 331 Å². The van der Waals surface area contributed by atoms with Gasteiger partial charge in [0.15, 0.2) is 52.4 Å². The second-order valence-corrected chi connectivity index (χ2v) is 36.8.